The Balaban J connectivity index is 2.22. The minimum atomic E-state index is -1.66. The minimum Gasteiger partial charge on any atom is -0.493 e. The summed E-state index contributed by atoms with van der Waals surface area (Å²) in [6.07, 6.45) is -6.85. The van der Waals surface area contributed by atoms with Gasteiger partial charge < -0.3 is 43.6 Å². The average Bonchev–Trinajstić information content (AvgIpc) is 3.25. The summed E-state index contributed by atoms with van der Waals surface area (Å²) in [5.41, 5.74) is -0.520. The highest BCUT2D eigenvalue weighted by Crippen LogP contribution is 2.47. The van der Waals surface area contributed by atoms with Crippen LogP contribution in [0, 0.1) is 0 Å². The standard InChI is InChI=1S/C25H33NO12/c1-11(27)35-21-17(14-8-15(32-7)20-16(9-14)33-10-34-20)18(26-24(31)38-25(4,5)6)22(36-12(2)28)23(19(21)30)37-13(3)29/h8-9,17-19,21-23,30H,10H2,1-7H3,(H,26,31)/t17-,18-,19+,21-,22+,23-/m1/s1. The molecular weight excluding hydrogens is 506 g/mol. The first-order chi connectivity index (χ1) is 17.7. The van der Waals surface area contributed by atoms with Crippen molar-refractivity contribution in [3.05, 3.63) is 17.7 Å². The quantitative estimate of drug-likeness (QED) is 0.396. The molecule has 13 heteroatoms. The number of aliphatic hydroxyl groups is 1. The molecule has 3 rings (SSSR count). The number of carbonyl (C=O) groups is 4. The smallest absolute Gasteiger partial charge is 0.408 e. The molecule has 0 radical (unpaired) electrons. The van der Waals surface area contributed by atoms with E-state index in [1.165, 1.54) is 7.11 Å². The fourth-order valence-corrected chi connectivity index (χ4v) is 4.56. The zero-order chi connectivity index (χ0) is 28.4. The van der Waals surface area contributed by atoms with Crippen molar-refractivity contribution in [2.24, 2.45) is 0 Å². The highest BCUT2D eigenvalue weighted by molar-refractivity contribution is 5.71. The van der Waals surface area contributed by atoms with Crippen LogP contribution in [0.4, 0.5) is 4.79 Å². The summed E-state index contributed by atoms with van der Waals surface area (Å²) in [6, 6.07) is 1.90. The Hall–Kier alpha value is -3.74. The van der Waals surface area contributed by atoms with Crippen molar-refractivity contribution >= 4 is 24.0 Å². The summed E-state index contributed by atoms with van der Waals surface area (Å²) in [6.45, 7) is 8.26. The van der Waals surface area contributed by atoms with Crippen LogP contribution in [0.1, 0.15) is 53.0 Å². The van der Waals surface area contributed by atoms with Gasteiger partial charge in [-0.3, -0.25) is 14.4 Å². The lowest BCUT2D eigenvalue weighted by Gasteiger charge is -2.47. The van der Waals surface area contributed by atoms with Gasteiger partial charge in [-0.05, 0) is 38.5 Å². The highest BCUT2D eigenvalue weighted by Gasteiger charge is 2.56. The maximum Gasteiger partial charge on any atom is 0.408 e. The lowest BCUT2D eigenvalue weighted by Crippen LogP contribution is -2.67. The summed E-state index contributed by atoms with van der Waals surface area (Å²) >= 11 is 0. The van der Waals surface area contributed by atoms with Gasteiger partial charge in [-0.1, -0.05) is 0 Å². The molecule has 210 valence electrons. The van der Waals surface area contributed by atoms with Gasteiger partial charge in [0.15, 0.2) is 23.7 Å². The number of hydrogen-bond acceptors (Lipinski definition) is 12. The number of ether oxygens (including phenoxy) is 7. The molecule has 0 bridgehead atoms. The van der Waals surface area contributed by atoms with E-state index in [4.69, 9.17) is 33.2 Å². The molecule has 1 fully saturated rings. The third-order valence-corrected chi connectivity index (χ3v) is 5.75. The molecule has 1 aromatic rings. The van der Waals surface area contributed by atoms with E-state index >= 15 is 0 Å². The topological polar surface area (TPSA) is 165 Å². The predicted octanol–water partition coefficient (Wildman–Crippen LogP) is 1.57. The van der Waals surface area contributed by atoms with Gasteiger partial charge >= 0.3 is 24.0 Å². The number of methoxy groups -OCH3 is 1. The van der Waals surface area contributed by atoms with Crippen LogP contribution in [0.3, 0.4) is 0 Å². The van der Waals surface area contributed by atoms with Crippen LogP contribution in [-0.2, 0) is 33.3 Å². The van der Waals surface area contributed by atoms with Crippen LogP contribution in [-0.4, -0.2) is 79.1 Å². The van der Waals surface area contributed by atoms with Crippen molar-refractivity contribution in [1.29, 1.82) is 0 Å². The van der Waals surface area contributed by atoms with E-state index < -0.39 is 66.0 Å². The van der Waals surface area contributed by atoms with Gasteiger partial charge in [0, 0.05) is 26.7 Å². The van der Waals surface area contributed by atoms with Gasteiger partial charge in [-0.15, -0.1) is 0 Å². The van der Waals surface area contributed by atoms with Gasteiger partial charge in [0.05, 0.1) is 13.2 Å². The fourth-order valence-electron chi connectivity index (χ4n) is 4.56. The third kappa shape index (κ3) is 6.57. The normalized spacial score (nSPS) is 26.1. The molecule has 0 saturated heterocycles. The van der Waals surface area contributed by atoms with Gasteiger partial charge in [-0.25, -0.2) is 4.79 Å². The number of rotatable bonds is 6. The van der Waals surface area contributed by atoms with Crippen molar-refractivity contribution in [3.8, 4) is 17.2 Å². The molecule has 0 spiro atoms. The second-order valence-corrected chi connectivity index (χ2v) is 9.87. The second-order valence-electron chi connectivity index (χ2n) is 9.87. The number of alkyl carbamates (subject to hydrolysis) is 1. The highest BCUT2D eigenvalue weighted by atomic mass is 16.7. The lowest BCUT2D eigenvalue weighted by atomic mass is 9.73. The average molecular weight is 540 g/mol. The van der Waals surface area contributed by atoms with Gasteiger partial charge in [-0.2, -0.15) is 0 Å². The minimum absolute atomic E-state index is 0.0694. The Labute approximate surface area is 219 Å². The van der Waals surface area contributed by atoms with Crippen LogP contribution in [0.15, 0.2) is 12.1 Å². The molecule has 0 aromatic heterocycles. The Kier molecular flexibility index (Phi) is 8.60. The van der Waals surface area contributed by atoms with Crippen LogP contribution in [0.2, 0.25) is 0 Å². The molecule has 1 aliphatic heterocycles. The number of benzene rings is 1. The molecule has 1 heterocycles. The molecule has 13 nitrogen and oxygen atoms in total. The Morgan fingerprint density at radius 3 is 2.05 bits per heavy atom. The van der Waals surface area contributed by atoms with E-state index in [1.54, 1.807) is 32.9 Å². The van der Waals surface area contributed by atoms with Crippen LogP contribution in [0.25, 0.3) is 0 Å². The number of nitrogens with one attached hydrogen (secondary N) is 1. The second kappa shape index (κ2) is 11.3. The number of aliphatic hydroxyl groups excluding tert-OH is 1. The number of amides is 1. The Morgan fingerprint density at radius 2 is 1.50 bits per heavy atom. The van der Waals surface area contributed by atoms with E-state index in [9.17, 15) is 24.3 Å². The first kappa shape index (κ1) is 28.8. The number of fused-ring (bicyclic) bond motifs is 1. The van der Waals surface area contributed by atoms with E-state index in [0.29, 0.717) is 17.1 Å². The van der Waals surface area contributed by atoms with Crippen LogP contribution < -0.4 is 19.5 Å². The maximum atomic E-state index is 13.0. The zero-order valence-electron chi connectivity index (χ0n) is 22.3. The van der Waals surface area contributed by atoms with E-state index in [0.717, 1.165) is 20.8 Å². The molecule has 1 aromatic carbocycles. The molecule has 2 aliphatic rings. The fraction of sp³-hybridized carbons (Fsp3) is 0.600. The molecule has 0 unspecified atom stereocenters. The maximum absolute atomic E-state index is 13.0. The van der Waals surface area contributed by atoms with Crippen molar-refractivity contribution in [1.82, 2.24) is 5.32 Å². The van der Waals surface area contributed by atoms with Gasteiger partial charge in [0.25, 0.3) is 0 Å². The molecule has 1 saturated carbocycles. The van der Waals surface area contributed by atoms with Crippen molar-refractivity contribution in [2.45, 2.75) is 83.5 Å². The van der Waals surface area contributed by atoms with Crippen molar-refractivity contribution in [2.75, 3.05) is 13.9 Å². The molecule has 2 N–H and O–H groups in total. The monoisotopic (exact) mass is 539 g/mol. The Bertz CT molecular complexity index is 1080. The molecule has 1 amide bonds. The van der Waals surface area contributed by atoms with Crippen molar-refractivity contribution in [3.63, 3.8) is 0 Å². The summed E-state index contributed by atoms with van der Waals surface area (Å²) in [5.74, 6) is -2.49. The number of carbonyl (C=O) groups excluding carboxylic acids is 4. The third-order valence-electron chi connectivity index (χ3n) is 5.75. The first-order valence-corrected chi connectivity index (χ1v) is 11.9. The van der Waals surface area contributed by atoms with Crippen LogP contribution in [0.5, 0.6) is 17.2 Å². The predicted molar refractivity (Wildman–Crippen MR) is 128 cm³/mol. The van der Waals surface area contributed by atoms with E-state index in [-0.39, 0.29) is 12.5 Å². The summed E-state index contributed by atoms with van der Waals surface area (Å²) in [5, 5.41) is 14.0. The summed E-state index contributed by atoms with van der Waals surface area (Å²) in [4.78, 5) is 49.2. The molecule has 38 heavy (non-hydrogen) atoms. The Morgan fingerprint density at radius 1 is 0.921 bits per heavy atom. The number of hydrogen-bond donors (Lipinski definition) is 2. The lowest BCUT2D eigenvalue weighted by molar-refractivity contribution is -0.208. The van der Waals surface area contributed by atoms with E-state index in [1.807, 2.05) is 0 Å². The van der Waals surface area contributed by atoms with Crippen LogP contribution >= 0.6 is 0 Å². The summed E-state index contributed by atoms with van der Waals surface area (Å²) in [7, 11) is 1.41. The van der Waals surface area contributed by atoms with Crippen molar-refractivity contribution < 1.29 is 57.4 Å². The molecule has 6 atom stereocenters. The number of esters is 3. The first-order valence-electron chi connectivity index (χ1n) is 11.9. The largest absolute Gasteiger partial charge is 0.493 e. The molecular formula is C25H33NO12. The molecule has 1 aliphatic carbocycles. The van der Waals surface area contributed by atoms with Gasteiger partial charge in [0.1, 0.15) is 17.8 Å². The SMILES string of the molecule is COc1cc([C@@H]2[C@@H](NC(=O)OC(C)(C)C)[C@H](OC(C)=O)[C@H](OC(C)=O)[C@@H](O)[C@@H]2OC(C)=O)cc2c1OCO2. The van der Waals surface area contributed by atoms with E-state index in [2.05, 4.69) is 5.32 Å². The van der Waals surface area contributed by atoms with Gasteiger partial charge in [0.2, 0.25) is 12.5 Å². The summed E-state index contributed by atoms with van der Waals surface area (Å²) < 4.78 is 38.2. The zero-order valence-corrected chi connectivity index (χ0v) is 22.3.